The molecule has 1 fully saturated rings. The van der Waals surface area contributed by atoms with E-state index in [9.17, 15) is 0 Å². The minimum absolute atomic E-state index is 0.867. The lowest BCUT2D eigenvalue weighted by atomic mass is 10.3. The molecule has 0 aromatic heterocycles. The maximum Gasteiger partial charge on any atom is -0.0165 e. The second kappa shape index (κ2) is 2.86. The molecule has 0 aromatic carbocycles. The summed E-state index contributed by atoms with van der Waals surface area (Å²) in [5.41, 5.74) is 0. The maximum absolute atomic E-state index is 2.30. The molecule has 1 aliphatic rings. The van der Waals surface area contributed by atoms with Crippen molar-refractivity contribution in [3.05, 3.63) is 24.3 Å². The predicted molar refractivity (Wildman–Crippen MR) is 41.2 cm³/mol. The van der Waals surface area contributed by atoms with Crippen molar-refractivity contribution in [1.29, 1.82) is 0 Å². The zero-order valence-corrected chi connectivity index (χ0v) is 6.17. The van der Waals surface area contributed by atoms with E-state index >= 15 is 0 Å². The van der Waals surface area contributed by atoms with Gasteiger partial charge in [0.2, 0.25) is 0 Å². The van der Waals surface area contributed by atoms with Gasteiger partial charge in [-0.15, -0.1) is 0 Å². The fraction of sp³-hybridized carbons (Fsp3) is 0.556. The van der Waals surface area contributed by atoms with Crippen LogP contribution in [-0.4, -0.2) is 0 Å². The third kappa shape index (κ3) is 1.70. The lowest BCUT2D eigenvalue weighted by molar-refractivity contribution is 0.990. The van der Waals surface area contributed by atoms with E-state index in [1.54, 1.807) is 0 Å². The molecule has 0 saturated heterocycles. The highest BCUT2D eigenvalue weighted by molar-refractivity contribution is 5.09. The van der Waals surface area contributed by atoms with Crippen LogP contribution in [0.3, 0.4) is 0 Å². The van der Waals surface area contributed by atoms with E-state index in [-0.39, 0.29) is 0 Å². The quantitative estimate of drug-likeness (QED) is 0.494. The van der Waals surface area contributed by atoms with Crippen LogP contribution in [0.5, 0.6) is 0 Å². The van der Waals surface area contributed by atoms with E-state index in [2.05, 4.69) is 38.2 Å². The van der Waals surface area contributed by atoms with E-state index in [0.717, 1.165) is 11.8 Å². The van der Waals surface area contributed by atoms with Crippen molar-refractivity contribution in [3.8, 4) is 0 Å². The number of rotatable bonds is 2. The highest BCUT2D eigenvalue weighted by atomic mass is 14.4. The molecule has 0 heterocycles. The third-order valence-electron chi connectivity index (χ3n) is 1.77. The summed E-state index contributed by atoms with van der Waals surface area (Å²) in [4.78, 5) is 0. The normalized spacial score (nSPS) is 34.4. The summed E-state index contributed by atoms with van der Waals surface area (Å²) in [7, 11) is 0. The Bertz CT molecular complexity index is 115. The molecule has 1 rings (SSSR count). The minimum Gasteiger partial charge on any atom is -0.0914 e. The van der Waals surface area contributed by atoms with E-state index in [1.165, 1.54) is 6.42 Å². The third-order valence-corrected chi connectivity index (χ3v) is 1.77. The first kappa shape index (κ1) is 6.60. The molecule has 2 atom stereocenters. The van der Waals surface area contributed by atoms with Crippen LogP contribution < -0.4 is 0 Å². The van der Waals surface area contributed by atoms with Crippen LogP contribution in [0, 0.1) is 11.8 Å². The van der Waals surface area contributed by atoms with Crippen LogP contribution in [0.2, 0.25) is 0 Å². The lowest BCUT2D eigenvalue weighted by Crippen LogP contribution is -1.69. The molecular formula is C9H14. The molecule has 0 unspecified atom stereocenters. The SMILES string of the molecule is C/C=C\[C@@H]1C[C@H]1/C=C\C. The number of allylic oxidation sites excluding steroid dienone is 4. The number of hydrogen-bond donors (Lipinski definition) is 0. The summed E-state index contributed by atoms with van der Waals surface area (Å²) in [5.74, 6) is 1.73. The van der Waals surface area contributed by atoms with Gasteiger partial charge in [0.15, 0.2) is 0 Å². The monoisotopic (exact) mass is 122 g/mol. The molecule has 1 saturated carbocycles. The van der Waals surface area contributed by atoms with E-state index < -0.39 is 0 Å². The van der Waals surface area contributed by atoms with Gasteiger partial charge < -0.3 is 0 Å². The highest BCUT2D eigenvalue weighted by Crippen LogP contribution is 2.40. The standard InChI is InChI=1S/C9H14/c1-3-5-8-7-9(8)6-4-2/h3-6,8-9H,7H2,1-2H3/b5-3-,6-4-/t8-,9-/m1/s1. The van der Waals surface area contributed by atoms with Crippen molar-refractivity contribution >= 4 is 0 Å². The van der Waals surface area contributed by atoms with E-state index in [1.807, 2.05) is 0 Å². The Hall–Kier alpha value is -0.520. The summed E-state index contributed by atoms with van der Waals surface area (Å²) in [5, 5.41) is 0. The predicted octanol–water partition coefficient (Wildman–Crippen LogP) is 2.77. The molecule has 0 radical (unpaired) electrons. The van der Waals surface area contributed by atoms with Gasteiger partial charge in [-0.2, -0.15) is 0 Å². The average molecular weight is 122 g/mol. The molecule has 0 aliphatic heterocycles. The summed E-state index contributed by atoms with van der Waals surface area (Å²) in [6.07, 6.45) is 10.3. The first-order valence-electron chi connectivity index (χ1n) is 3.64. The molecule has 9 heavy (non-hydrogen) atoms. The smallest absolute Gasteiger partial charge is 0.0165 e. The Labute approximate surface area is 57.3 Å². The van der Waals surface area contributed by atoms with Gasteiger partial charge >= 0.3 is 0 Å². The molecule has 1 aliphatic carbocycles. The summed E-state index contributed by atoms with van der Waals surface area (Å²) < 4.78 is 0. The van der Waals surface area contributed by atoms with Gasteiger partial charge in [-0.05, 0) is 32.1 Å². The second-order valence-electron chi connectivity index (χ2n) is 2.61. The molecule has 0 N–H and O–H groups in total. The Kier molecular flexibility index (Phi) is 2.10. The van der Waals surface area contributed by atoms with Gasteiger partial charge in [0.25, 0.3) is 0 Å². The zero-order valence-electron chi connectivity index (χ0n) is 6.17. The summed E-state index contributed by atoms with van der Waals surface area (Å²) in [6.45, 7) is 4.18. The van der Waals surface area contributed by atoms with E-state index in [4.69, 9.17) is 0 Å². The van der Waals surface area contributed by atoms with Gasteiger partial charge in [-0.1, -0.05) is 24.3 Å². The second-order valence-corrected chi connectivity index (χ2v) is 2.61. The molecule has 0 bridgehead atoms. The molecule has 0 heteroatoms. The Morgan fingerprint density at radius 2 is 1.44 bits per heavy atom. The van der Waals surface area contributed by atoms with Crippen molar-refractivity contribution in [2.24, 2.45) is 11.8 Å². The minimum atomic E-state index is 0.867. The van der Waals surface area contributed by atoms with Crippen LogP contribution >= 0.6 is 0 Å². The maximum atomic E-state index is 2.30. The van der Waals surface area contributed by atoms with Gasteiger partial charge in [0.05, 0.1) is 0 Å². The lowest BCUT2D eigenvalue weighted by Gasteiger charge is -1.80. The summed E-state index contributed by atoms with van der Waals surface area (Å²) >= 11 is 0. The Balaban J connectivity index is 2.24. The first-order valence-corrected chi connectivity index (χ1v) is 3.64. The topological polar surface area (TPSA) is 0 Å². The molecular weight excluding hydrogens is 108 g/mol. The largest absolute Gasteiger partial charge is 0.0914 e. The van der Waals surface area contributed by atoms with Crippen LogP contribution in [0.25, 0.3) is 0 Å². The fourth-order valence-corrected chi connectivity index (χ4v) is 1.17. The first-order chi connectivity index (χ1) is 4.38. The molecule has 0 amide bonds. The van der Waals surface area contributed by atoms with Crippen molar-refractivity contribution in [2.45, 2.75) is 20.3 Å². The zero-order chi connectivity index (χ0) is 6.69. The average Bonchev–Trinajstić information content (AvgIpc) is 2.50. The summed E-state index contributed by atoms with van der Waals surface area (Å²) in [6, 6.07) is 0. The van der Waals surface area contributed by atoms with Gasteiger partial charge in [-0.25, -0.2) is 0 Å². The van der Waals surface area contributed by atoms with Crippen molar-refractivity contribution in [1.82, 2.24) is 0 Å². The van der Waals surface area contributed by atoms with Crippen LogP contribution in [-0.2, 0) is 0 Å². The van der Waals surface area contributed by atoms with Gasteiger partial charge in [-0.3, -0.25) is 0 Å². The van der Waals surface area contributed by atoms with Crippen molar-refractivity contribution in [2.75, 3.05) is 0 Å². The van der Waals surface area contributed by atoms with Crippen molar-refractivity contribution in [3.63, 3.8) is 0 Å². The van der Waals surface area contributed by atoms with Crippen LogP contribution in [0.1, 0.15) is 20.3 Å². The van der Waals surface area contributed by atoms with Gasteiger partial charge in [0.1, 0.15) is 0 Å². The Morgan fingerprint density at radius 3 is 1.78 bits per heavy atom. The van der Waals surface area contributed by atoms with Crippen LogP contribution in [0.15, 0.2) is 24.3 Å². The highest BCUT2D eigenvalue weighted by Gasteiger charge is 2.31. The molecule has 0 nitrogen and oxygen atoms in total. The van der Waals surface area contributed by atoms with E-state index in [0.29, 0.717) is 0 Å². The number of hydrogen-bond acceptors (Lipinski definition) is 0. The Morgan fingerprint density at radius 1 is 1.00 bits per heavy atom. The van der Waals surface area contributed by atoms with Crippen LogP contribution in [0.4, 0.5) is 0 Å². The molecule has 0 spiro atoms. The molecule has 0 aromatic rings. The van der Waals surface area contributed by atoms with Crippen molar-refractivity contribution < 1.29 is 0 Å². The fourth-order valence-electron chi connectivity index (χ4n) is 1.17. The molecule has 50 valence electrons. The van der Waals surface area contributed by atoms with Gasteiger partial charge in [0, 0.05) is 0 Å².